The van der Waals surface area contributed by atoms with Crippen LogP contribution in [0.3, 0.4) is 0 Å². The molecule has 0 radical (unpaired) electrons. The number of carbonyl (C=O) groups excluding carboxylic acids is 1. The van der Waals surface area contributed by atoms with E-state index in [1.54, 1.807) is 35.9 Å². The van der Waals surface area contributed by atoms with Crippen molar-refractivity contribution >= 4 is 37.3 Å². The van der Waals surface area contributed by atoms with Gasteiger partial charge in [-0.1, -0.05) is 29.5 Å². The summed E-state index contributed by atoms with van der Waals surface area (Å²) in [5.41, 5.74) is 0.759. The number of sulfone groups is 1. The van der Waals surface area contributed by atoms with Crippen LogP contribution in [-0.4, -0.2) is 24.6 Å². The second-order valence-electron chi connectivity index (χ2n) is 5.44. The van der Waals surface area contributed by atoms with Gasteiger partial charge < -0.3 is 4.57 Å². The Balaban J connectivity index is 1.81. The van der Waals surface area contributed by atoms with Gasteiger partial charge in [-0.25, -0.2) is 12.8 Å². The van der Waals surface area contributed by atoms with Crippen LogP contribution in [0.15, 0.2) is 58.4 Å². The van der Waals surface area contributed by atoms with E-state index in [9.17, 15) is 17.6 Å². The molecule has 0 atom stereocenters. The van der Waals surface area contributed by atoms with E-state index < -0.39 is 15.7 Å². The molecule has 0 aliphatic heterocycles. The topological polar surface area (TPSA) is 68.5 Å². The number of carbonyl (C=O) groups is 1. The molecule has 8 heteroatoms. The summed E-state index contributed by atoms with van der Waals surface area (Å²) in [6, 6.07) is 12.3. The molecule has 0 bridgehead atoms. The van der Waals surface area contributed by atoms with Gasteiger partial charge in [-0.15, -0.1) is 0 Å². The van der Waals surface area contributed by atoms with E-state index in [1.165, 1.54) is 35.6 Å². The van der Waals surface area contributed by atoms with Gasteiger partial charge in [0.1, 0.15) is 5.82 Å². The Labute approximate surface area is 148 Å². The highest BCUT2D eigenvalue weighted by Gasteiger charge is 2.16. The van der Waals surface area contributed by atoms with Gasteiger partial charge in [0, 0.05) is 13.5 Å². The van der Waals surface area contributed by atoms with Gasteiger partial charge in [0.05, 0.1) is 20.9 Å². The number of amides is 1. The number of hydrogen-bond donors (Lipinski definition) is 0. The number of aryl methyl sites for hydroxylation is 1. The molecule has 0 unspecified atom stereocenters. The Hall–Kier alpha value is -2.32. The average molecular weight is 378 g/mol. The van der Waals surface area contributed by atoms with Crippen molar-refractivity contribution in [2.45, 2.75) is 11.3 Å². The zero-order chi connectivity index (χ0) is 18.0. The predicted octanol–water partition coefficient (Wildman–Crippen LogP) is 2.67. The highest BCUT2D eigenvalue weighted by atomic mass is 32.2. The second-order valence-corrected chi connectivity index (χ2v) is 8.56. The zero-order valence-corrected chi connectivity index (χ0v) is 15.0. The van der Waals surface area contributed by atoms with Crippen molar-refractivity contribution in [1.29, 1.82) is 0 Å². The number of thiazole rings is 1. The molecule has 2 aromatic carbocycles. The molecule has 3 rings (SSSR count). The van der Waals surface area contributed by atoms with Crippen LogP contribution in [0.2, 0.25) is 0 Å². The molecule has 130 valence electrons. The number of rotatable bonds is 4. The largest absolute Gasteiger partial charge is 0.319 e. The van der Waals surface area contributed by atoms with Crippen LogP contribution in [-0.2, 0) is 21.7 Å². The SMILES string of the molecule is Cn1c(=NC(=O)CCS(=O)(=O)c2ccccc2)sc2cc(F)ccc21. The minimum absolute atomic E-state index is 0.186. The van der Waals surface area contributed by atoms with Crippen LogP contribution in [0.4, 0.5) is 4.39 Å². The molecule has 0 spiro atoms. The molecule has 0 saturated heterocycles. The lowest BCUT2D eigenvalue weighted by molar-refractivity contribution is -0.117. The van der Waals surface area contributed by atoms with Crippen LogP contribution in [0.25, 0.3) is 10.2 Å². The normalized spacial score (nSPS) is 12.6. The maximum Gasteiger partial charge on any atom is 0.249 e. The van der Waals surface area contributed by atoms with E-state index in [2.05, 4.69) is 4.99 Å². The van der Waals surface area contributed by atoms with Gasteiger partial charge in [0.15, 0.2) is 14.6 Å². The Kier molecular flexibility index (Phi) is 4.82. The summed E-state index contributed by atoms with van der Waals surface area (Å²) in [6.45, 7) is 0. The molecule has 5 nitrogen and oxygen atoms in total. The molecule has 0 aliphatic carbocycles. The summed E-state index contributed by atoms with van der Waals surface area (Å²) in [5, 5.41) is 0. The first-order valence-electron chi connectivity index (χ1n) is 7.47. The van der Waals surface area contributed by atoms with Gasteiger partial charge >= 0.3 is 0 Å². The van der Waals surface area contributed by atoms with Crippen molar-refractivity contribution in [2.75, 3.05) is 5.75 Å². The molecule has 1 aromatic heterocycles. The molecule has 0 N–H and O–H groups in total. The molecule has 3 aromatic rings. The monoisotopic (exact) mass is 378 g/mol. The lowest BCUT2D eigenvalue weighted by Gasteiger charge is -2.02. The maximum atomic E-state index is 13.3. The number of halogens is 1. The molecule has 1 amide bonds. The quantitative estimate of drug-likeness (QED) is 0.701. The van der Waals surface area contributed by atoms with Crippen LogP contribution in [0, 0.1) is 5.82 Å². The van der Waals surface area contributed by atoms with Gasteiger partial charge in [-0.3, -0.25) is 4.79 Å². The molecular weight excluding hydrogens is 363 g/mol. The highest BCUT2D eigenvalue weighted by molar-refractivity contribution is 7.91. The van der Waals surface area contributed by atoms with Crippen LogP contribution in [0.5, 0.6) is 0 Å². The first-order valence-corrected chi connectivity index (χ1v) is 9.94. The van der Waals surface area contributed by atoms with E-state index in [-0.39, 0.29) is 22.9 Å². The Morgan fingerprint density at radius 3 is 2.64 bits per heavy atom. The maximum absolute atomic E-state index is 13.3. The van der Waals surface area contributed by atoms with Crippen molar-refractivity contribution in [1.82, 2.24) is 4.57 Å². The summed E-state index contributed by atoms with van der Waals surface area (Å²) in [5.74, 6) is -1.19. The Morgan fingerprint density at radius 2 is 1.92 bits per heavy atom. The summed E-state index contributed by atoms with van der Waals surface area (Å²) < 4.78 is 40.0. The Bertz CT molecular complexity index is 1100. The first-order chi connectivity index (χ1) is 11.9. The summed E-state index contributed by atoms with van der Waals surface area (Å²) >= 11 is 1.18. The predicted molar refractivity (Wildman–Crippen MR) is 94.4 cm³/mol. The van der Waals surface area contributed by atoms with Crippen LogP contribution in [0.1, 0.15) is 6.42 Å². The zero-order valence-electron chi connectivity index (χ0n) is 13.3. The number of fused-ring (bicyclic) bond motifs is 1. The Morgan fingerprint density at radius 1 is 1.20 bits per heavy atom. The molecule has 0 fully saturated rings. The fourth-order valence-corrected chi connectivity index (χ4v) is 4.66. The number of benzene rings is 2. The summed E-state index contributed by atoms with van der Waals surface area (Å²) in [7, 11) is -1.80. The molecule has 1 heterocycles. The minimum atomic E-state index is -3.52. The summed E-state index contributed by atoms with van der Waals surface area (Å²) in [4.78, 5) is 16.6. The number of hydrogen-bond acceptors (Lipinski definition) is 4. The minimum Gasteiger partial charge on any atom is -0.319 e. The smallest absolute Gasteiger partial charge is 0.249 e. The fourth-order valence-electron chi connectivity index (χ4n) is 2.34. The van der Waals surface area contributed by atoms with Crippen molar-refractivity contribution in [3.63, 3.8) is 0 Å². The fraction of sp³-hybridized carbons (Fsp3) is 0.176. The van der Waals surface area contributed by atoms with Gasteiger partial charge in [-0.05, 0) is 30.3 Å². The van der Waals surface area contributed by atoms with Crippen molar-refractivity contribution < 1.29 is 17.6 Å². The highest BCUT2D eigenvalue weighted by Crippen LogP contribution is 2.17. The summed E-state index contributed by atoms with van der Waals surface area (Å²) in [6.07, 6.45) is -0.208. The van der Waals surface area contributed by atoms with Crippen molar-refractivity contribution in [2.24, 2.45) is 12.0 Å². The van der Waals surface area contributed by atoms with E-state index in [1.807, 2.05) is 0 Å². The van der Waals surface area contributed by atoms with Crippen LogP contribution >= 0.6 is 11.3 Å². The van der Waals surface area contributed by atoms with Gasteiger partial charge in [-0.2, -0.15) is 4.99 Å². The van der Waals surface area contributed by atoms with Crippen molar-refractivity contribution in [3.8, 4) is 0 Å². The average Bonchev–Trinajstić information content (AvgIpc) is 2.89. The van der Waals surface area contributed by atoms with Gasteiger partial charge in [0.25, 0.3) is 0 Å². The third kappa shape index (κ3) is 3.85. The standard InChI is InChI=1S/C17H15FN2O3S2/c1-20-14-8-7-12(18)11-15(14)24-17(20)19-16(21)9-10-25(22,23)13-5-3-2-4-6-13/h2-8,11H,9-10H2,1H3. The van der Waals surface area contributed by atoms with Crippen molar-refractivity contribution in [3.05, 3.63) is 59.1 Å². The second kappa shape index (κ2) is 6.89. The first kappa shape index (κ1) is 17.5. The third-order valence-corrected chi connectivity index (χ3v) is 6.51. The lowest BCUT2D eigenvalue weighted by Crippen LogP contribution is -2.15. The van der Waals surface area contributed by atoms with Gasteiger partial charge in [0.2, 0.25) is 5.91 Å². The van der Waals surface area contributed by atoms with E-state index in [0.29, 0.717) is 9.50 Å². The molecule has 0 saturated carbocycles. The number of aromatic nitrogens is 1. The lowest BCUT2D eigenvalue weighted by atomic mass is 10.3. The molecule has 25 heavy (non-hydrogen) atoms. The van der Waals surface area contributed by atoms with E-state index >= 15 is 0 Å². The number of nitrogens with zero attached hydrogens (tertiary/aromatic N) is 2. The van der Waals surface area contributed by atoms with E-state index in [4.69, 9.17) is 0 Å². The van der Waals surface area contributed by atoms with E-state index in [0.717, 1.165) is 5.52 Å². The molecule has 0 aliphatic rings. The third-order valence-electron chi connectivity index (χ3n) is 3.68. The molecular formula is C17H15FN2O3S2. The van der Waals surface area contributed by atoms with Crippen LogP contribution < -0.4 is 4.80 Å².